The summed E-state index contributed by atoms with van der Waals surface area (Å²) < 4.78 is 16.2. The van der Waals surface area contributed by atoms with Crippen LogP contribution in [0.4, 0.5) is 4.39 Å². The van der Waals surface area contributed by atoms with Crippen LogP contribution in [0.3, 0.4) is 0 Å². The van der Waals surface area contributed by atoms with Crippen LogP contribution in [0.1, 0.15) is 85.1 Å². The van der Waals surface area contributed by atoms with Crippen molar-refractivity contribution < 1.29 is 14.3 Å². The van der Waals surface area contributed by atoms with Gasteiger partial charge in [0.25, 0.3) is 0 Å². The zero-order valence-electron chi connectivity index (χ0n) is 17.7. The van der Waals surface area contributed by atoms with Gasteiger partial charge in [0.15, 0.2) is 5.78 Å². The molecule has 4 nitrogen and oxygen atoms in total. The molecule has 0 spiro atoms. The fraction of sp³-hybridized carbons (Fsp3) is 0.542. The number of carbonyl (C=O) groups excluding carboxylic acids is 1. The molecule has 1 aliphatic rings. The molecule has 1 fully saturated rings. The predicted molar refractivity (Wildman–Crippen MR) is 114 cm³/mol. The standard InChI is InChI=1S/C24H33FN2O2/c1-16(2)18-8-7-17(20(25)13-18)5-4-6-23(29)22-10-9-21(27(22)3)19-11-12-24(26,14-19)15-28/h7-10,13,16,19,28H,4-6,11-12,14-15,26H2,1-3H3/t19-,24+/m0/s1. The molecule has 1 saturated carbocycles. The lowest BCUT2D eigenvalue weighted by molar-refractivity contribution is 0.0972. The van der Waals surface area contributed by atoms with Crippen molar-refractivity contribution in [2.24, 2.45) is 12.8 Å². The molecule has 3 N–H and O–H groups in total. The van der Waals surface area contributed by atoms with Gasteiger partial charge in [-0.1, -0.05) is 26.0 Å². The van der Waals surface area contributed by atoms with E-state index in [1.807, 2.05) is 49.7 Å². The number of aliphatic hydroxyl groups is 1. The van der Waals surface area contributed by atoms with Crippen molar-refractivity contribution in [3.63, 3.8) is 0 Å². The van der Waals surface area contributed by atoms with E-state index >= 15 is 0 Å². The van der Waals surface area contributed by atoms with Crippen molar-refractivity contribution in [3.05, 3.63) is 58.7 Å². The van der Waals surface area contributed by atoms with Crippen LogP contribution in [-0.2, 0) is 13.5 Å². The molecule has 2 aromatic rings. The van der Waals surface area contributed by atoms with E-state index < -0.39 is 5.54 Å². The molecular formula is C24H33FN2O2. The normalized spacial score (nSPS) is 21.8. The first-order valence-electron chi connectivity index (χ1n) is 10.6. The SMILES string of the molecule is CC(C)c1ccc(CCCC(=O)c2ccc([C@H]3CC[C@](N)(CO)C3)n2C)c(F)c1. The van der Waals surface area contributed by atoms with E-state index in [4.69, 9.17) is 5.73 Å². The monoisotopic (exact) mass is 400 g/mol. The maximum Gasteiger partial charge on any atom is 0.179 e. The van der Waals surface area contributed by atoms with E-state index in [2.05, 4.69) is 0 Å². The van der Waals surface area contributed by atoms with Crippen LogP contribution >= 0.6 is 0 Å². The molecule has 1 aliphatic carbocycles. The minimum absolute atomic E-state index is 0.00554. The highest BCUT2D eigenvalue weighted by Gasteiger charge is 2.37. The lowest BCUT2D eigenvalue weighted by Gasteiger charge is -2.21. The van der Waals surface area contributed by atoms with Crippen molar-refractivity contribution in [3.8, 4) is 0 Å². The van der Waals surface area contributed by atoms with Gasteiger partial charge in [0, 0.05) is 30.6 Å². The average molecular weight is 401 g/mol. The van der Waals surface area contributed by atoms with Crippen molar-refractivity contribution in [1.82, 2.24) is 4.57 Å². The Bertz CT molecular complexity index is 874. The van der Waals surface area contributed by atoms with Crippen LogP contribution < -0.4 is 5.73 Å². The molecule has 158 valence electrons. The second-order valence-corrected chi connectivity index (χ2v) is 8.94. The topological polar surface area (TPSA) is 68.2 Å². The Morgan fingerprint density at radius 1 is 1.34 bits per heavy atom. The first kappa shape index (κ1) is 21.7. The zero-order chi connectivity index (χ0) is 21.2. The Kier molecular flexibility index (Phi) is 6.59. The van der Waals surface area contributed by atoms with Crippen LogP contribution in [0.2, 0.25) is 0 Å². The van der Waals surface area contributed by atoms with Crippen LogP contribution in [0.5, 0.6) is 0 Å². The Morgan fingerprint density at radius 2 is 2.10 bits per heavy atom. The van der Waals surface area contributed by atoms with E-state index in [-0.39, 0.29) is 24.1 Å². The van der Waals surface area contributed by atoms with Gasteiger partial charge in [0.05, 0.1) is 12.3 Å². The highest BCUT2D eigenvalue weighted by molar-refractivity contribution is 5.94. The molecule has 2 atom stereocenters. The molecule has 5 heteroatoms. The van der Waals surface area contributed by atoms with Crippen LogP contribution in [0.25, 0.3) is 0 Å². The minimum Gasteiger partial charge on any atom is -0.394 e. The summed E-state index contributed by atoms with van der Waals surface area (Å²) in [5.41, 5.74) is 9.15. The number of aromatic nitrogens is 1. The second-order valence-electron chi connectivity index (χ2n) is 8.94. The fourth-order valence-corrected chi connectivity index (χ4v) is 4.46. The Labute approximate surface area is 172 Å². The zero-order valence-corrected chi connectivity index (χ0v) is 17.7. The van der Waals surface area contributed by atoms with Gasteiger partial charge in [0.1, 0.15) is 5.82 Å². The maximum absolute atomic E-state index is 14.3. The Morgan fingerprint density at radius 3 is 2.72 bits per heavy atom. The first-order chi connectivity index (χ1) is 13.7. The van der Waals surface area contributed by atoms with E-state index in [9.17, 15) is 14.3 Å². The van der Waals surface area contributed by atoms with Gasteiger partial charge in [-0.25, -0.2) is 4.39 Å². The van der Waals surface area contributed by atoms with Crippen molar-refractivity contribution in [1.29, 1.82) is 0 Å². The molecule has 29 heavy (non-hydrogen) atoms. The molecule has 0 radical (unpaired) electrons. The first-order valence-corrected chi connectivity index (χ1v) is 10.6. The number of nitrogens with two attached hydrogens (primary N) is 1. The van der Waals surface area contributed by atoms with E-state index in [1.165, 1.54) is 0 Å². The number of hydrogen-bond donors (Lipinski definition) is 2. The molecule has 0 bridgehead atoms. The number of benzene rings is 1. The van der Waals surface area contributed by atoms with Crippen molar-refractivity contribution in [2.75, 3.05) is 6.61 Å². The number of rotatable bonds is 8. The molecule has 0 saturated heterocycles. The van der Waals surface area contributed by atoms with Gasteiger partial charge < -0.3 is 15.4 Å². The largest absolute Gasteiger partial charge is 0.394 e. The van der Waals surface area contributed by atoms with E-state index in [1.54, 1.807) is 6.07 Å². The van der Waals surface area contributed by atoms with Crippen LogP contribution in [0.15, 0.2) is 30.3 Å². The Balaban J connectivity index is 1.59. The number of carbonyl (C=O) groups is 1. The predicted octanol–water partition coefficient (Wildman–Crippen LogP) is 4.45. The van der Waals surface area contributed by atoms with Crippen molar-refractivity contribution in [2.45, 2.75) is 69.7 Å². The van der Waals surface area contributed by atoms with Crippen molar-refractivity contribution >= 4 is 5.78 Å². The fourth-order valence-electron chi connectivity index (χ4n) is 4.46. The van der Waals surface area contributed by atoms with Gasteiger partial charge in [-0.05, 0) is 67.3 Å². The summed E-state index contributed by atoms with van der Waals surface area (Å²) in [5, 5.41) is 9.49. The maximum atomic E-state index is 14.3. The summed E-state index contributed by atoms with van der Waals surface area (Å²) in [6.07, 6.45) is 4.03. The number of hydrogen-bond acceptors (Lipinski definition) is 3. The summed E-state index contributed by atoms with van der Waals surface area (Å²) in [7, 11) is 1.92. The molecule has 1 aromatic heterocycles. The second kappa shape index (κ2) is 8.80. The summed E-state index contributed by atoms with van der Waals surface area (Å²) in [6, 6.07) is 9.31. The quantitative estimate of drug-likeness (QED) is 0.643. The highest BCUT2D eigenvalue weighted by atomic mass is 19.1. The summed E-state index contributed by atoms with van der Waals surface area (Å²) >= 11 is 0. The third kappa shape index (κ3) is 4.78. The lowest BCUT2D eigenvalue weighted by Crippen LogP contribution is -2.40. The van der Waals surface area contributed by atoms with Gasteiger partial charge in [-0.2, -0.15) is 0 Å². The highest BCUT2D eigenvalue weighted by Crippen LogP contribution is 2.39. The molecular weight excluding hydrogens is 367 g/mol. The van der Waals surface area contributed by atoms with Crippen LogP contribution in [-0.4, -0.2) is 27.6 Å². The summed E-state index contributed by atoms with van der Waals surface area (Å²) in [4.78, 5) is 12.7. The molecule has 0 aliphatic heterocycles. The van der Waals surface area contributed by atoms with Gasteiger partial charge in [0.2, 0.25) is 0 Å². The minimum atomic E-state index is -0.506. The molecule has 1 aromatic carbocycles. The smallest absolute Gasteiger partial charge is 0.179 e. The van der Waals surface area contributed by atoms with E-state index in [0.717, 1.165) is 30.5 Å². The lowest BCUT2D eigenvalue weighted by atomic mass is 9.97. The van der Waals surface area contributed by atoms with Gasteiger partial charge in [-0.15, -0.1) is 0 Å². The number of ketones is 1. The third-order valence-electron chi connectivity index (χ3n) is 6.42. The number of Topliss-reactive ketones (excluding diaryl/α,β-unsaturated/α-hetero) is 1. The molecule has 3 rings (SSSR count). The molecule has 0 amide bonds. The number of aliphatic hydroxyl groups excluding tert-OH is 1. The number of nitrogens with zero attached hydrogens (tertiary/aromatic N) is 1. The van der Waals surface area contributed by atoms with Gasteiger partial charge in [-0.3, -0.25) is 4.79 Å². The number of aryl methyl sites for hydroxylation is 1. The van der Waals surface area contributed by atoms with E-state index in [0.29, 0.717) is 36.4 Å². The average Bonchev–Trinajstić information content (AvgIpc) is 3.26. The van der Waals surface area contributed by atoms with Gasteiger partial charge >= 0.3 is 0 Å². The third-order valence-corrected chi connectivity index (χ3v) is 6.42. The summed E-state index contributed by atoms with van der Waals surface area (Å²) in [5.74, 6) is 0.470. The summed E-state index contributed by atoms with van der Waals surface area (Å²) in [6.45, 7) is 4.09. The molecule has 0 unspecified atom stereocenters. The number of halogens is 1. The van der Waals surface area contributed by atoms with Crippen LogP contribution in [0, 0.1) is 5.82 Å². The Hall–Kier alpha value is -1.98. The molecule has 1 heterocycles.